The van der Waals surface area contributed by atoms with Gasteiger partial charge in [0.25, 0.3) is 0 Å². The molecule has 1 aliphatic rings. The van der Waals surface area contributed by atoms with Gasteiger partial charge in [0.1, 0.15) is 5.82 Å². The topological polar surface area (TPSA) is 21.3 Å². The SMILES string of the molecule is CCNC(c1cc(C)cc(F)c1)C1CCCOC1. The average molecular weight is 251 g/mol. The molecule has 2 nitrogen and oxygen atoms in total. The summed E-state index contributed by atoms with van der Waals surface area (Å²) in [5.74, 6) is 0.296. The molecule has 2 atom stereocenters. The van der Waals surface area contributed by atoms with E-state index in [9.17, 15) is 4.39 Å². The smallest absolute Gasteiger partial charge is 0.123 e. The van der Waals surface area contributed by atoms with Crippen molar-refractivity contribution in [2.45, 2.75) is 32.7 Å². The Kier molecular flexibility index (Phi) is 4.72. The first-order valence-electron chi connectivity index (χ1n) is 6.79. The first-order chi connectivity index (χ1) is 8.70. The van der Waals surface area contributed by atoms with Crippen molar-refractivity contribution in [3.05, 3.63) is 35.1 Å². The van der Waals surface area contributed by atoms with Gasteiger partial charge < -0.3 is 10.1 Å². The van der Waals surface area contributed by atoms with Gasteiger partial charge in [-0.2, -0.15) is 0 Å². The summed E-state index contributed by atoms with van der Waals surface area (Å²) in [5, 5.41) is 3.48. The molecule has 0 saturated carbocycles. The van der Waals surface area contributed by atoms with Crippen LogP contribution >= 0.6 is 0 Å². The fraction of sp³-hybridized carbons (Fsp3) is 0.600. The molecule has 1 aromatic carbocycles. The summed E-state index contributed by atoms with van der Waals surface area (Å²) < 4.78 is 19.1. The van der Waals surface area contributed by atoms with E-state index in [2.05, 4.69) is 18.3 Å². The highest BCUT2D eigenvalue weighted by molar-refractivity contribution is 5.27. The fourth-order valence-electron chi connectivity index (χ4n) is 2.75. The number of rotatable bonds is 4. The monoisotopic (exact) mass is 251 g/mol. The average Bonchev–Trinajstić information content (AvgIpc) is 2.36. The van der Waals surface area contributed by atoms with Gasteiger partial charge in [0.2, 0.25) is 0 Å². The standard InChI is InChI=1S/C15H22FNO/c1-3-17-15(12-5-4-6-18-10-12)13-7-11(2)8-14(16)9-13/h7-9,12,15,17H,3-6,10H2,1-2H3. The van der Waals surface area contributed by atoms with Crippen molar-refractivity contribution < 1.29 is 9.13 Å². The second-order valence-electron chi connectivity index (χ2n) is 5.07. The van der Waals surface area contributed by atoms with Crippen LogP contribution in [0.5, 0.6) is 0 Å². The summed E-state index contributed by atoms with van der Waals surface area (Å²) in [5.41, 5.74) is 2.02. The Balaban J connectivity index is 2.22. The Morgan fingerprint density at radius 1 is 1.44 bits per heavy atom. The molecule has 1 saturated heterocycles. The summed E-state index contributed by atoms with van der Waals surface area (Å²) in [6.07, 6.45) is 2.24. The van der Waals surface area contributed by atoms with Crippen molar-refractivity contribution in [1.82, 2.24) is 5.32 Å². The minimum Gasteiger partial charge on any atom is -0.381 e. The second-order valence-corrected chi connectivity index (χ2v) is 5.07. The Bertz CT molecular complexity index is 368. The summed E-state index contributed by atoms with van der Waals surface area (Å²) in [7, 11) is 0. The third kappa shape index (κ3) is 3.30. The maximum absolute atomic E-state index is 13.5. The van der Waals surface area contributed by atoms with Gasteiger partial charge in [0.15, 0.2) is 0 Å². The molecule has 0 aromatic heterocycles. The van der Waals surface area contributed by atoms with E-state index in [1.807, 2.05) is 6.92 Å². The van der Waals surface area contributed by atoms with Crippen LogP contribution in [-0.4, -0.2) is 19.8 Å². The molecule has 0 aliphatic carbocycles. The molecule has 100 valence electrons. The van der Waals surface area contributed by atoms with Gasteiger partial charge in [-0.25, -0.2) is 4.39 Å². The van der Waals surface area contributed by atoms with Crippen LogP contribution in [0.3, 0.4) is 0 Å². The molecule has 1 heterocycles. The molecule has 1 aromatic rings. The molecule has 2 rings (SSSR count). The zero-order chi connectivity index (χ0) is 13.0. The number of aryl methyl sites for hydroxylation is 1. The molecule has 0 spiro atoms. The van der Waals surface area contributed by atoms with Gasteiger partial charge in [-0.3, -0.25) is 0 Å². The molecule has 0 bridgehead atoms. The van der Waals surface area contributed by atoms with Crippen LogP contribution in [0.2, 0.25) is 0 Å². The van der Waals surface area contributed by atoms with E-state index in [0.29, 0.717) is 5.92 Å². The van der Waals surface area contributed by atoms with Crippen LogP contribution in [0.1, 0.15) is 36.9 Å². The lowest BCUT2D eigenvalue weighted by Gasteiger charge is -2.31. The van der Waals surface area contributed by atoms with E-state index < -0.39 is 0 Å². The molecule has 1 fully saturated rings. The third-order valence-corrected chi connectivity index (χ3v) is 3.51. The fourth-order valence-corrected chi connectivity index (χ4v) is 2.75. The maximum Gasteiger partial charge on any atom is 0.123 e. The van der Waals surface area contributed by atoms with E-state index in [0.717, 1.165) is 43.7 Å². The Morgan fingerprint density at radius 2 is 2.28 bits per heavy atom. The highest BCUT2D eigenvalue weighted by Gasteiger charge is 2.25. The summed E-state index contributed by atoms with van der Waals surface area (Å²) in [4.78, 5) is 0. The van der Waals surface area contributed by atoms with Crippen LogP contribution in [0.15, 0.2) is 18.2 Å². The predicted octanol–water partition coefficient (Wildman–Crippen LogP) is 3.21. The Labute approximate surface area is 109 Å². The lowest BCUT2D eigenvalue weighted by atomic mass is 9.88. The highest BCUT2D eigenvalue weighted by Crippen LogP contribution is 2.29. The summed E-state index contributed by atoms with van der Waals surface area (Å²) in [6.45, 7) is 6.54. The number of hydrogen-bond acceptors (Lipinski definition) is 2. The van der Waals surface area contributed by atoms with E-state index >= 15 is 0 Å². The Morgan fingerprint density at radius 3 is 2.89 bits per heavy atom. The van der Waals surface area contributed by atoms with E-state index in [-0.39, 0.29) is 11.9 Å². The number of halogens is 1. The van der Waals surface area contributed by atoms with Crippen LogP contribution < -0.4 is 5.32 Å². The first kappa shape index (κ1) is 13.5. The molecular weight excluding hydrogens is 229 g/mol. The minimum atomic E-state index is -0.148. The van der Waals surface area contributed by atoms with Gasteiger partial charge in [0.05, 0.1) is 6.61 Å². The molecule has 2 unspecified atom stereocenters. The zero-order valence-corrected chi connectivity index (χ0v) is 11.2. The summed E-state index contributed by atoms with van der Waals surface area (Å²) in [6, 6.07) is 5.49. The van der Waals surface area contributed by atoms with Crippen molar-refractivity contribution in [3.63, 3.8) is 0 Å². The number of ether oxygens (including phenoxy) is 1. The van der Waals surface area contributed by atoms with Gasteiger partial charge in [-0.1, -0.05) is 13.0 Å². The van der Waals surface area contributed by atoms with E-state index in [4.69, 9.17) is 4.74 Å². The normalized spacial score (nSPS) is 21.8. The van der Waals surface area contributed by atoms with E-state index in [1.165, 1.54) is 0 Å². The number of benzene rings is 1. The van der Waals surface area contributed by atoms with Crippen molar-refractivity contribution in [2.75, 3.05) is 19.8 Å². The minimum absolute atomic E-state index is 0.148. The van der Waals surface area contributed by atoms with Crippen molar-refractivity contribution in [2.24, 2.45) is 5.92 Å². The van der Waals surface area contributed by atoms with Gasteiger partial charge in [0, 0.05) is 18.6 Å². The van der Waals surface area contributed by atoms with E-state index in [1.54, 1.807) is 12.1 Å². The first-order valence-corrected chi connectivity index (χ1v) is 6.79. The van der Waals surface area contributed by atoms with Gasteiger partial charge in [-0.15, -0.1) is 0 Å². The van der Waals surface area contributed by atoms with Crippen molar-refractivity contribution in [1.29, 1.82) is 0 Å². The largest absolute Gasteiger partial charge is 0.381 e. The highest BCUT2D eigenvalue weighted by atomic mass is 19.1. The Hall–Kier alpha value is -0.930. The second kappa shape index (κ2) is 6.30. The zero-order valence-electron chi connectivity index (χ0n) is 11.2. The van der Waals surface area contributed by atoms with Crippen molar-refractivity contribution >= 4 is 0 Å². The van der Waals surface area contributed by atoms with Crippen LogP contribution in [0.25, 0.3) is 0 Å². The predicted molar refractivity (Wildman–Crippen MR) is 71.1 cm³/mol. The molecule has 1 N–H and O–H groups in total. The van der Waals surface area contributed by atoms with Crippen LogP contribution in [-0.2, 0) is 4.74 Å². The third-order valence-electron chi connectivity index (χ3n) is 3.51. The van der Waals surface area contributed by atoms with Crippen LogP contribution in [0, 0.1) is 18.7 Å². The molecule has 3 heteroatoms. The van der Waals surface area contributed by atoms with Gasteiger partial charge in [-0.05, 0) is 49.6 Å². The molecule has 0 radical (unpaired) electrons. The molecule has 0 amide bonds. The lowest BCUT2D eigenvalue weighted by Crippen LogP contribution is -2.33. The van der Waals surface area contributed by atoms with Gasteiger partial charge >= 0.3 is 0 Å². The van der Waals surface area contributed by atoms with Crippen LogP contribution in [0.4, 0.5) is 4.39 Å². The molecule has 18 heavy (non-hydrogen) atoms. The summed E-state index contributed by atoms with van der Waals surface area (Å²) >= 11 is 0. The molecular formula is C15H22FNO. The molecule has 1 aliphatic heterocycles. The quantitative estimate of drug-likeness (QED) is 0.887. The number of nitrogens with one attached hydrogen (secondary N) is 1. The lowest BCUT2D eigenvalue weighted by molar-refractivity contribution is 0.0392. The number of hydrogen-bond donors (Lipinski definition) is 1. The maximum atomic E-state index is 13.5. The van der Waals surface area contributed by atoms with Crippen molar-refractivity contribution in [3.8, 4) is 0 Å².